The van der Waals surface area contributed by atoms with Crippen LogP contribution in [-0.4, -0.2) is 15.3 Å². The van der Waals surface area contributed by atoms with Gasteiger partial charge in [0.2, 0.25) is 0 Å². The maximum Gasteiger partial charge on any atom is 0.153 e. The van der Waals surface area contributed by atoms with Crippen LogP contribution in [0.4, 0.5) is 0 Å². The van der Waals surface area contributed by atoms with Gasteiger partial charge in [0.05, 0.1) is 6.20 Å². The van der Waals surface area contributed by atoms with E-state index in [1.54, 1.807) is 6.20 Å². The predicted molar refractivity (Wildman–Crippen MR) is 48.3 cm³/mol. The number of rotatable bonds is 0. The minimum absolute atomic E-state index is 0.0349. The van der Waals surface area contributed by atoms with E-state index in [9.17, 15) is 0 Å². The molecule has 0 atom stereocenters. The molecule has 2 heterocycles. The van der Waals surface area contributed by atoms with Crippen molar-refractivity contribution in [1.82, 2.24) is 15.3 Å². The summed E-state index contributed by atoms with van der Waals surface area (Å²) in [6.07, 6.45) is 1.69. The SMILES string of the molecule is CC(C)(C)c1cc2nonc2cn1. The molecular weight excluding hydrogens is 166 g/mol. The molecular formula is C9H11N3O. The molecule has 2 rings (SSSR count). The average Bonchev–Trinajstić information content (AvgIpc) is 2.47. The minimum atomic E-state index is 0.0349. The Morgan fingerprint density at radius 1 is 1.15 bits per heavy atom. The van der Waals surface area contributed by atoms with Crippen LogP contribution in [0.2, 0.25) is 0 Å². The van der Waals surface area contributed by atoms with E-state index in [0.29, 0.717) is 5.52 Å². The van der Waals surface area contributed by atoms with Gasteiger partial charge in [0, 0.05) is 11.1 Å². The lowest BCUT2D eigenvalue weighted by Gasteiger charge is -2.16. The molecule has 2 aromatic rings. The molecule has 4 nitrogen and oxygen atoms in total. The quantitative estimate of drug-likeness (QED) is 0.616. The van der Waals surface area contributed by atoms with E-state index in [2.05, 4.69) is 40.7 Å². The first kappa shape index (κ1) is 8.16. The van der Waals surface area contributed by atoms with Crippen LogP contribution in [0.25, 0.3) is 11.0 Å². The molecule has 0 amide bonds. The summed E-state index contributed by atoms with van der Waals surface area (Å²) in [6, 6.07) is 1.91. The molecule has 0 aromatic carbocycles. The van der Waals surface area contributed by atoms with Gasteiger partial charge < -0.3 is 0 Å². The molecule has 13 heavy (non-hydrogen) atoms. The number of aromatic nitrogens is 3. The molecule has 68 valence electrons. The smallest absolute Gasteiger partial charge is 0.153 e. The maximum atomic E-state index is 4.59. The van der Waals surface area contributed by atoms with E-state index in [-0.39, 0.29) is 5.41 Å². The zero-order chi connectivity index (χ0) is 9.47. The van der Waals surface area contributed by atoms with Gasteiger partial charge in [-0.3, -0.25) is 4.98 Å². The van der Waals surface area contributed by atoms with Crippen molar-refractivity contribution in [1.29, 1.82) is 0 Å². The molecule has 0 aliphatic heterocycles. The maximum absolute atomic E-state index is 4.59. The predicted octanol–water partition coefficient (Wildman–Crippen LogP) is 1.92. The molecule has 0 saturated heterocycles. The number of hydrogen-bond donors (Lipinski definition) is 0. The first-order chi connectivity index (χ1) is 6.07. The van der Waals surface area contributed by atoms with Crippen molar-refractivity contribution in [2.45, 2.75) is 26.2 Å². The van der Waals surface area contributed by atoms with Gasteiger partial charge in [-0.15, -0.1) is 0 Å². The third-order valence-corrected chi connectivity index (χ3v) is 1.91. The van der Waals surface area contributed by atoms with Crippen LogP contribution in [0.1, 0.15) is 26.5 Å². The highest BCUT2D eigenvalue weighted by Gasteiger charge is 2.16. The number of fused-ring (bicyclic) bond motifs is 1. The van der Waals surface area contributed by atoms with Crippen LogP contribution in [0.5, 0.6) is 0 Å². The fourth-order valence-electron chi connectivity index (χ4n) is 1.10. The summed E-state index contributed by atoms with van der Waals surface area (Å²) >= 11 is 0. The van der Waals surface area contributed by atoms with Crippen LogP contribution >= 0.6 is 0 Å². The average molecular weight is 177 g/mol. The van der Waals surface area contributed by atoms with Gasteiger partial charge in [0.1, 0.15) is 5.52 Å². The first-order valence-corrected chi connectivity index (χ1v) is 4.16. The Morgan fingerprint density at radius 2 is 1.85 bits per heavy atom. The highest BCUT2D eigenvalue weighted by molar-refractivity contribution is 5.72. The highest BCUT2D eigenvalue weighted by Crippen LogP contribution is 2.21. The lowest BCUT2D eigenvalue weighted by atomic mass is 9.91. The summed E-state index contributed by atoms with van der Waals surface area (Å²) in [5.74, 6) is 0. The Hall–Kier alpha value is -1.45. The van der Waals surface area contributed by atoms with Crippen molar-refractivity contribution in [3.63, 3.8) is 0 Å². The zero-order valence-corrected chi connectivity index (χ0v) is 7.90. The molecule has 4 heteroatoms. The summed E-state index contributed by atoms with van der Waals surface area (Å²) in [7, 11) is 0. The Kier molecular flexibility index (Phi) is 1.58. The van der Waals surface area contributed by atoms with Gasteiger partial charge in [-0.2, -0.15) is 0 Å². The van der Waals surface area contributed by atoms with Gasteiger partial charge in [-0.1, -0.05) is 20.8 Å². The molecule has 0 aliphatic carbocycles. The van der Waals surface area contributed by atoms with E-state index in [0.717, 1.165) is 11.2 Å². The molecule has 0 unspecified atom stereocenters. The fourth-order valence-corrected chi connectivity index (χ4v) is 1.10. The zero-order valence-electron chi connectivity index (χ0n) is 7.90. The Morgan fingerprint density at radius 3 is 2.54 bits per heavy atom. The van der Waals surface area contributed by atoms with Crippen LogP contribution in [-0.2, 0) is 5.41 Å². The summed E-state index contributed by atoms with van der Waals surface area (Å²) in [4.78, 5) is 4.29. The summed E-state index contributed by atoms with van der Waals surface area (Å²) in [5, 5.41) is 7.46. The minimum Gasteiger partial charge on any atom is -0.258 e. The standard InChI is InChI=1S/C9H11N3O/c1-9(2,3)8-4-6-7(5-10-8)12-13-11-6/h4-5H,1-3H3. The monoisotopic (exact) mass is 177 g/mol. The third-order valence-electron chi connectivity index (χ3n) is 1.91. The molecule has 0 saturated carbocycles. The van der Waals surface area contributed by atoms with Gasteiger partial charge in [0.25, 0.3) is 0 Å². The number of nitrogens with zero attached hydrogens (tertiary/aromatic N) is 3. The van der Waals surface area contributed by atoms with Crippen LogP contribution < -0.4 is 0 Å². The van der Waals surface area contributed by atoms with E-state index < -0.39 is 0 Å². The van der Waals surface area contributed by atoms with Crippen molar-refractivity contribution in [2.75, 3.05) is 0 Å². The van der Waals surface area contributed by atoms with Crippen molar-refractivity contribution in [3.8, 4) is 0 Å². The van der Waals surface area contributed by atoms with E-state index in [4.69, 9.17) is 0 Å². The normalized spacial score (nSPS) is 12.2. The largest absolute Gasteiger partial charge is 0.258 e. The molecule has 0 N–H and O–H groups in total. The highest BCUT2D eigenvalue weighted by atomic mass is 16.6. The van der Waals surface area contributed by atoms with E-state index >= 15 is 0 Å². The Bertz CT molecular complexity index is 428. The summed E-state index contributed by atoms with van der Waals surface area (Å²) in [6.45, 7) is 6.32. The van der Waals surface area contributed by atoms with Crippen molar-refractivity contribution < 1.29 is 4.63 Å². The molecule has 0 aliphatic rings. The van der Waals surface area contributed by atoms with Crippen molar-refractivity contribution in [2.24, 2.45) is 0 Å². The van der Waals surface area contributed by atoms with Crippen LogP contribution in [0, 0.1) is 0 Å². The van der Waals surface area contributed by atoms with Gasteiger partial charge in [-0.25, -0.2) is 4.63 Å². The van der Waals surface area contributed by atoms with E-state index in [1.807, 2.05) is 6.07 Å². The number of pyridine rings is 1. The summed E-state index contributed by atoms with van der Waals surface area (Å²) < 4.78 is 4.59. The Labute approximate surface area is 75.9 Å². The second kappa shape index (κ2) is 2.52. The van der Waals surface area contributed by atoms with Gasteiger partial charge in [-0.05, 0) is 16.4 Å². The first-order valence-electron chi connectivity index (χ1n) is 4.16. The lowest BCUT2D eigenvalue weighted by molar-refractivity contribution is 0.315. The summed E-state index contributed by atoms with van der Waals surface area (Å²) in [5.41, 5.74) is 2.50. The molecule has 0 fully saturated rings. The van der Waals surface area contributed by atoms with Crippen molar-refractivity contribution >= 4 is 11.0 Å². The molecule has 2 aromatic heterocycles. The van der Waals surface area contributed by atoms with Gasteiger partial charge >= 0.3 is 0 Å². The third kappa shape index (κ3) is 1.39. The van der Waals surface area contributed by atoms with Gasteiger partial charge in [0.15, 0.2) is 5.52 Å². The fraction of sp³-hybridized carbons (Fsp3) is 0.444. The second-order valence-electron chi connectivity index (χ2n) is 4.07. The Balaban J connectivity index is 2.61. The van der Waals surface area contributed by atoms with Crippen LogP contribution in [0.3, 0.4) is 0 Å². The topological polar surface area (TPSA) is 51.8 Å². The van der Waals surface area contributed by atoms with Crippen LogP contribution in [0.15, 0.2) is 16.9 Å². The number of hydrogen-bond acceptors (Lipinski definition) is 4. The lowest BCUT2D eigenvalue weighted by Crippen LogP contribution is -2.12. The van der Waals surface area contributed by atoms with Crippen molar-refractivity contribution in [3.05, 3.63) is 18.0 Å². The molecule has 0 bridgehead atoms. The molecule has 0 spiro atoms. The molecule has 0 radical (unpaired) electrons. The van der Waals surface area contributed by atoms with E-state index in [1.165, 1.54) is 0 Å². The second-order valence-corrected chi connectivity index (χ2v) is 4.07.